The summed E-state index contributed by atoms with van der Waals surface area (Å²) in [7, 11) is -3.44. The molecule has 5 rings (SSSR count). The molecule has 0 radical (unpaired) electrons. The number of sulfone groups is 1. The van der Waals surface area contributed by atoms with Gasteiger partial charge in [0.2, 0.25) is 5.91 Å². The van der Waals surface area contributed by atoms with Crippen molar-refractivity contribution in [1.82, 2.24) is 20.3 Å². The van der Waals surface area contributed by atoms with E-state index >= 15 is 0 Å². The second kappa shape index (κ2) is 10.7. The van der Waals surface area contributed by atoms with Gasteiger partial charge in [0.25, 0.3) is 5.91 Å². The van der Waals surface area contributed by atoms with Gasteiger partial charge < -0.3 is 10.3 Å². The number of hydrogen-bond donors (Lipinski definition) is 2. The fourth-order valence-electron chi connectivity index (χ4n) is 4.95. The summed E-state index contributed by atoms with van der Waals surface area (Å²) in [6.07, 6.45) is 6.26. The minimum Gasteiger partial charge on any atom is -0.350 e. The third-order valence-electron chi connectivity index (χ3n) is 7.08. The summed E-state index contributed by atoms with van der Waals surface area (Å²) in [4.78, 5) is 40.9. The normalized spacial score (nSPS) is 16.9. The first kappa shape index (κ1) is 27.3. The number of pyridine rings is 1. The van der Waals surface area contributed by atoms with Crippen LogP contribution in [0, 0.1) is 0 Å². The molecule has 9 nitrogen and oxygen atoms in total. The topological polar surface area (TPSA) is 125 Å². The first-order chi connectivity index (χ1) is 19.1. The van der Waals surface area contributed by atoms with E-state index in [0.29, 0.717) is 16.8 Å². The number of benzene rings is 2. The number of nitrogens with one attached hydrogen (secondary N) is 2. The van der Waals surface area contributed by atoms with Crippen molar-refractivity contribution in [2.24, 2.45) is 0 Å². The maximum Gasteiger partial charge on any atom is 0.279 e. The van der Waals surface area contributed by atoms with Gasteiger partial charge in [0.05, 0.1) is 23.0 Å². The fraction of sp³-hybridized carbons (Fsp3) is 0.267. The monoisotopic (exact) mass is 557 g/mol. The first-order valence-corrected chi connectivity index (χ1v) is 14.7. The van der Waals surface area contributed by atoms with E-state index in [9.17, 15) is 18.0 Å². The zero-order chi connectivity index (χ0) is 28.5. The fourth-order valence-corrected chi connectivity index (χ4v) is 6.57. The van der Waals surface area contributed by atoms with Crippen LogP contribution in [0.15, 0.2) is 90.5 Å². The number of rotatable bonds is 6. The van der Waals surface area contributed by atoms with E-state index < -0.39 is 33.7 Å². The van der Waals surface area contributed by atoms with E-state index in [2.05, 4.69) is 41.0 Å². The van der Waals surface area contributed by atoms with Gasteiger partial charge in [0.15, 0.2) is 9.84 Å². The van der Waals surface area contributed by atoms with Crippen LogP contribution >= 0.6 is 0 Å². The second-order valence-electron chi connectivity index (χ2n) is 10.8. The van der Waals surface area contributed by atoms with Crippen LogP contribution in [0.2, 0.25) is 0 Å². The molecular formula is C30H31N5O4S. The van der Waals surface area contributed by atoms with Crippen LogP contribution in [-0.4, -0.2) is 40.9 Å². The lowest BCUT2D eigenvalue weighted by atomic mass is 9.87. The second-order valence-corrected chi connectivity index (χ2v) is 12.9. The van der Waals surface area contributed by atoms with E-state index in [1.807, 2.05) is 24.3 Å². The molecule has 206 valence electrons. The molecule has 0 saturated heterocycles. The number of H-pyrrole nitrogens is 1. The Hall–Kier alpha value is -4.31. The Kier molecular flexibility index (Phi) is 7.29. The third-order valence-corrected chi connectivity index (χ3v) is 8.89. The third kappa shape index (κ3) is 5.40. The zero-order valence-corrected chi connectivity index (χ0v) is 23.4. The smallest absolute Gasteiger partial charge is 0.279 e. The van der Waals surface area contributed by atoms with Crippen LogP contribution in [-0.2, 0) is 20.0 Å². The highest BCUT2D eigenvalue weighted by atomic mass is 32.2. The summed E-state index contributed by atoms with van der Waals surface area (Å²) in [5.41, 5.74) is 2.66. The number of anilines is 1. The van der Waals surface area contributed by atoms with E-state index in [1.54, 1.807) is 48.8 Å². The number of nitrogens with zero attached hydrogens (tertiary/aromatic N) is 3. The van der Waals surface area contributed by atoms with Crippen molar-refractivity contribution in [3.8, 4) is 0 Å². The number of amides is 2. The molecular weight excluding hydrogens is 526 g/mol. The van der Waals surface area contributed by atoms with Crippen molar-refractivity contribution in [3.05, 3.63) is 108 Å². The first-order valence-electron chi connectivity index (χ1n) is 13.0. The van der Waals surface area contributed by atoms with Crippen molar-refractivity contribution in [2.45, 2.75) is 49.6 Å². The van der Waals surface area contributed by atoms with Crippen LogP contribution in [0.25, 0.3) is 0 Å². The van der Waals surface area contributed by atoms with Crippen molar-refractivity contribution in [2.75, 3.05) is 10.7 Å². The molecule has 4 aromatic rings. The zero-order valence-electron chi connectivity index (χ0n) is 22.5. The molecule has 0 fully saturated rings. The Morgan fingerprint density at radius 2 is 1.80 bits per heavy atom. The molecule has 2 aromatic carbocycles. The molecule has 2 N–H and O–H groups in total. The average Bonchev–Trinajstić information content (AvgIpc) is 3.48. The number of aromatic amines is 1. The Bertz CT molecular complexity index is 1610. The molecule has 2 amide bonds. The Morgan fingerprint density at radius 3 is 2.45 bits per heavy atom. The largest absolute Gasteiger partial charge is 0.350 e. The molecule has 0 aliphatic carbocycles. The number of fused-ring (bicyclic) bond motifs is 1. The van der Waals surface area contributed by atoms with Crippen molar-refractivity contribution >= 4 is 27.3 Å². The predicted molar refractivity (Wildman–Crippen MR) is 152 cm³/mol. The molecule has 3 heterocycles. The summed E-state index contributed by atoms with van der Waals surface area (Å²) < 4.78 is 25.4. The summed E-state index contributed by atoms with van der Waals surface area (Å²) in [5, 5.41) is 3.04. The van der Waals surface area contributed by atoms with Crippen LogP contribution < -0.4 is 10.2 Å². The SMILES string of the molecule is CC(C)(C)c1ccc(N(C(=O)c2c[nH]cn2)C(C(=O)N[C@H]2CCS(=O)(=O)c3ccccc32)c2cccnc2)cc1. The van der Waals surface area contributed by atoms with E-state index in [1.165, 1.54) is 17.4 Å². The summed E-state index contributed by atoms with van der Waals surface area (Å²) in [5.74, 6) is -1.02. The molecule has 40 heavy (non-hydrogen) atoms. The molecule has 1 aliphatic rings. The summed E-state index contributed by atoms with van der Waals surface area (Å²) >= 11 is 0. The Balaban J connectivity index is 1.59. The van der Waals surface area contributed by atoms with E-state index in [-0.39, 0.29) is 28.2 Å². The van der Waals surface area contributed by atoms with Gasteiger partial charge in [-0.1, -0.05) is 57.2 Å². The van der Waals surface area contributed by atoms with Crippen LogP contribution in [0.4, 0.5) is 5.69 Å². The Labute approximate surface area is 233 Å². The van der Waals surface area contributed by atoms with Crippen molar-refractivity contribution < 1.29 is 18.0 Å². The van der Waals surface area contributed by atoms with Gasteiger partial charge in [-0.2, -0.15) is 0 Å². The van der Waals surface area contributed by atoms with Gasteiger partial charge >= 0.3 is 0 Å². The number of carbonyl (C=O) groups is 2. The maximum atomic E-state index is 14.2. The van der Waals surface area contributed by atoms with Gasteiger partial charge in [-0.15, -0.1) is 0 Å². The lowest BCUT2D eigenvalue weighted by Gasteiger charge is -2.33. The summed E-state index contributed by atoms with van der Waals surface area (Å²) in [6, 6.07) is 16.0. The molecule has 0 spiro atoms. The molecule has 0 saturated carbocycles. The average molecular weight is 558 g/mol. The molecule has 2 atom stereocenters. The quantitative estimate of drug-likeness (QED) is 0.359. The lowest BCUT2D eigenvalue weighted by molar-refractivity contribution is -0.123. The Morgan fingerprint density at radius 1 is 1.05 bits per heavy atom. The number of carbonyl (C=O) groups excluding carboxylic acids is 2. The van der Waals surface area contributed by atoms with E-state index in [4.69, 9.17) is 0 Å². The number of aromatic nitrogens is 3. The van der Waals surface area contributed by atoms with Crippen molar-refractivity contribution in [3.63, 3.8) is 0 Å². The van der Waals surface area contributed by atoms with E-state index in [0.717, 1.165) is 5.56 Å². The predicted octanol–water partition coefficient (Wildman–Crippen LogP) is 4.53. The van der Waals surface area contributed by atoms with Crippen LogP contribution in [0.3, 0.4) is 0 Å². The molecule has 1 aliphatic heterocycles. The minimum atomic E-state index is -3.44. The summed E-state index contributed by atoms with van der Waals surface area (Å²) in [6.45, 7) is 6.30. The van der Waals surface area contributed by atoms with Crippen LogP contribution in [0.5, 0.6) is 0 Å². The van der Waals surface area contributed by atoms with Gasteiger partial charge in [0, 0.05) is 29.8 Å². The maximum absolute atomic E-state index is 14.2. The molecule has 2 aromatic heterocycles. The lowest BCUT2D eigenvalue weighted by Crippen LogP contribution is -2.46. The van der Waals surface area contributed by atoms with Gasteiger partial charge in [-0.25, -0.2) is 13.4 Å². The van der Waals surface area contributed by atoms with Crippen LogP contribution in [0.1, 0.15) is 66.5 Å². The van der Waals surface area contributed by atoms with Gasteiger partial charge in [-0.3, -0.25) is 19.5 Å². The molecule has 1 unspecified atom stereocenters. The highest BCUT2D eigenvalue weighted by Gasteiger charge is 2.37. The van der Waals surface area contributed by atoms with Gasteiger partial charge in [-0.05, 0) is 47.2 Å². The minimum absolute atomic E-state index is 0.0866. The highest BCUT2D eigenvalue weighted by Crippen LogP contribution is 2.35. The standard InChI is InChI=1S/C30H31N5O4S/c1-30(2,3)21-10-12-22(13-11-21)35(29(37)25-18-32-19-33-25)27(20-7-6-15-31-17-20)28(36)34-24-14-16-40(38,39)26-9-5-4-8-23(24)26/h4-13,15,17-19,24,27H,14,16H2,1-3H3,(H,32,33)(H,34,36)/t24-,27?/m0/s1. The highest BCUT2D eigenvalue weighted by molar-refractivity contribution is 7.91. The van der Waals surface area contributed by atoms with Crippen molar-refractivity contribution in [1.29, 1.82) is 0 Å². The molecule has 0 bridgehead atoms. The number of imidazole rings is 1. The molecule has 10 heteroatoms. The van der Waals surface area contributed by atoms with Gasteiger partial charge in [0.1, 0.15) is 11.7 Å². The number of hydrogen-bond acceptors (Lipinski definition) is 6.